The van der Waals surface area contributed by atoms with E-state index in [1.165, 1.54) is 28.9 Å². The maximum Gasteiger partial charge on any atom is 0.522 e. The molecule has 0 unspecified atom stereocenters. The van der Waals surface area contributed by atoms with Gasteiger partial charge in [-0.15, -0.1) is 23.4 Å². The third-order valence-electron chi connectivity index (χ3n) is 6.70. The van der Waals surface area contributed by atoms with Crippen molar-refractivity contribution in [2.45, 2.75) is 61.4 Å². The average Bonchev–Trinajstić information content (AvgIpc) is 3.25. The molecule has 0 saturated heterocycles. The van der Waals surface area contributed by atoms with Crippen molar-refractivity contribution in [1.82, 2.24) is 24.9 Å². The van der Waals surface area contributed by atoms with Gasteiger partial charge < -0.3 is 14.1 Å². The highest BCUT2D eigenvalue weighted by atomic mass is 19.4. The second-order valence-electron chi connectivity index (χ2n) is 9.08. The fourth-order valence-corrected chi connectivity index (χ4v) is 5.19. The number of hydrogen-bond acceptors (Lipinski definition) is 6. The normalized spacial score (nSPS) is 31.0. The molecule has 0 atom stereocenters. The molecular formula is C20H17F4N5O3. The van der Waals surface area contributed by atoms with Crippen LogP contribution < -0.4 is 5.32 Å². The number of alkyl halides is 3. The molecule has 8 nitrogen and oxygen atoms in total. The van der Waals surface area contributed by atoms with Crippen LogP contribution in [0.2, 0.25) is 0 Å². The number of halogens is 4. The molecule has 1 N–H and O–H groups in total. The van der Waals surface area contributed by atoms with Crippen molar-refractivity contribution in [2.75, 3.05) is 0 Å². The second kappa shape index (κ2) is 6.27. The van der Waals surface area contributed by atoms with Gasteiger partial charge in [0.25, 0.3) is 5.91 Å². The fraction of sp³-hybridized carbons (Fsp3) is 0.500. The molecule has 3 aromatic heterocycles. The molecular weight excluding hydrogens is 434 g/mol. The number of nitrogens with zero attached hydrogens (tertiary/aromatic N) is 4. The minimum absolute atomic E-state index is 0.192. The van der Waals surface area contributed by atoms with Crippen LogP contribution in [0.3, 0.4) is 0 Å². The summed E-state index contributed by atoms with van der Waals surface area (Å²) in [6.45, 7) is 0. The van der Waals surface area contributed by atoms with Crippen molar-refractivity contribution < 1.29 is 31.5 Å². The monoisotopic (exact) mass is 451 g/mol. The van der Waals surface area contributed by atoms with Crippen molar-refractivity contribution in [3.8, 4) is 0 Å². The molecule has 0 radical (unpaired) electrons. The molecule has 7 rings (SSSR count). The molecule has 4 fully saturated rings. The predicted octanol–water partition coefficient (Wildman–Crippen LogP) is 3.24. The lowest BCUT2D eigenvalue weighted by Gasteiger charge is -2.68. The van der Waals surface area contributed by atoms with E-state index in [1.807, 2.05) is 0 Å². The number of fused-ring (bicyclic) bond motifs is 1. The van der Waals surface area contributed by atoms with Crippen LogP contribution in [0.5, 0.6) is 0 Å². The Morgan fingerprint density at radius 1 is 1.19 bits per heavy atom. The molecule has 0 spiro atoms. The quantitative estimate of drug-likeness (QED) is 0.599. The smallest absolute Gasteiger partial charge is 0.424 e. The number of carbonyl (C=O) groups is 1. The Hall–Kier alpha value is -3.02. The molecule has 4 aliphatic rings. The van der Waals surface area contributed by atoms with E-state index in [0.717, 1.165) is 0 Å². The minimum Gasteiger partial charge on any atom is -0.424 e. The Balaban J connectivity index is 1.06. The number of amides is 1. The van der Waals surface area contributed by atoms with Gasteiger partial charge in [0.15, 0.2) is 0 Å². The highest BCUT2D eigenvalue weighted by molar-refractivity contribution is 5.93. The highest BCUT2D eigenvalue weighted by Gasteiger charge is 2.72. The lowest BCUT2D eigenvalue weighted by atomic mass is 9.39. The lowest BCUT2D eigenvalue weighted by Crippen LogP contribution is -2.76. The first kappa shape index (κ1) is 19.6. The average molecular weight is 451 g/mol. The number of aromatic nitrogens is 4. The zero-order chi connectivity index (χ0) is 22.3. The van der Waals surface area contributed by atoms with Gasteiger partial charge in [-0.05, 0) is 44.2 Å². The van der Waals surface area contributed by atoms with E-state index < -0.39 is 18.3 Å². The van der Waals surface area contributed by atoms with E-state index in [9.17, 15) is 22.4 Å². The summed E-state index contributed by atoms with van der Waals surface area (Å²) >= 11 is 0. The predicted molar refractivity (Wildman–Crippen MR) is 98.1 cm³/mol. The summed E-state index contributed by atoms with van der Waals surface area (Å²) in [4.78, 5) is 16.8. The first-order valence-corrected chi connectivity index (χ1v) is 10.2. The Labute approximate surface area is 178 Å². The van der Waals surface area contributed by atoms with E-state index in [4.69, 9.17) is 4.42 Å². The van der Waals surface area contributed by atoms with Crippen molar-refractivity contribution in [3.05, 3.63) is 47.8 Å². The van der Waals surface area contributed by atoms with Crippen molar-refractivity contribution >= 4 is 11.6 Å². The Morgan fingerprint density at radius 2 is 1.94 bits per heavy atom. The summed E-state index contributed by atoms with van der Waals surface area (Å²) < 4.78 is 61.3. The van der Waals surface area contributed by atoms with E-state index >= 15 is 0 Å². The molecule has 4 aliphatic carbocycles. The molecule has 3 heterocycles. The van der Waals surface area contributed by atoms with Crippen LogP contribution in [0, 0.1) is 5.82 Å². The molecule has 3 aromatic rings. The third-order valence-corrected chi connectivity index (χ3v) is 6.70. The van der Waals surface area contributed by atoms with Gasteiger partial charge in [0.2, 0.25) is 11.8 Å². The fourth-order valence-electron chi connectivity index (χ4n) is 5.19. The van der Waals surface area contributed by atoms with Gasteiger partial charge in [-0.1, -0.05) is 0 Å². The van der Waals surface area contributed by atoms with Gasteiger partial charge in [-0.2, -0.15) is 0 Å². The molecule has 0 aromatic carbocycles. The van der Waals surface area contributed by atoms with Crippen molar-refractivity contribution in [3.63, 3.8) is 0 Å². The zero-order valence-electron chi connectivity index (χ0n) is 16.5. The number of nitrogens with one attached hydrogen (secondary N) is 1. The topological polar surface area (TPSA) is 94.5 Å². The standard InChI is InChI=1S/C20H17F4N5O3/c21-11-1-2-14-25-13(6-29(14)5-11)15(30)26-19-7-18(8-19,9-19)17-28-27-16(31-17)10-3-12(4-10)32-20(22,23)24/h1-2,5-6,10,12H,3-4,7-9H2,(H,26,30). The number of pyridine rings is 1. The van der Waals surface area contributed by atoms with Gasteiger partial charge in [-0.3, -0.25) is 9.53 Å². The van der Waals surface area contributed by atoms with Crippen LogP contribution in [0.1, 0.15) is 60.3 Å². The SMILES string of the molecule is O=C(NC12CC(c3nnc(C4CC(OC(F)(F)F)C4)o3)(C1)C2)c1cn2cc(F)ccc2n1. The molecule has 32 heavy (non-hydrogen) atoms. The first-order valence-electron chi connectivity index (χ1n) is 10.2. The van der Waals surface area contributed by atoms with Crippen molar-refractivity contribution in [1.29, 1.82) is 0 Å². The van der Waals surface area contributed by atoms with E-state index in [1.54, 1.807) is 0 Å². The third kappa shape index (κ3) is 3.07. The molecule has 1 amide bonds. The summed E-state index contributed by atoms with van der Waals surface area (Å²) in [7, 11) is 0. The maximum absolute atomic E-state index is 13.3. The van der Waals surface area contributed by atoms with Gasteiger partial charge in [0.05, 0.1) is 11.5 Å². The van der Waals surface area contributed by atoms with Gasteiger partial charge in [-0.25, -0.2) is 9.37 Å². The molecule has 12 heteroatoms. The summed E-state index contributed by atoms with van der Waals surface area (Å²) in [6, 6.07) is 2.77. The number of rotatable bonds is 5. The summed E-state index contributed by atoms with van der Waals surface area (Å²) in [5.74, 6) is -0.190. The molecule has 4 saturated carbocycles. The number of ether oxygens (including phenoxy) is 1. The van der Waals surface area contributed by atoms with Gasteiger partial charge in [0.1, 0.15) is 17.2 Å². The van der Waals surface area contributed by atoms with Gasteiger partial charge >= 0.3 is 6.36 Å². The van der Waals surface area contributed by atoms with E-state index in [-0.39, 0.29) is 41.3 Å². The zero-order valence-corrected chi connectivity index (χ0v) is 16.5. The first-order chi connectivity index (χ1) is 15.1. The largest absolute Gasteiger partial charge is 0.522 e. The summed E-state index contributed by atoms with van der Waals surface area (Å²) in [5.41, 5.74) is 0.0130. The summed E-state index contributed by atoms with van der Waals surface area (Å²) in [6.07, 6.45) is -0.483. The summed E-state index contributed by atoms with van der Waals surface area (Å²) in [5, 5.41) is 11.1. The van der Waals surface area contributed by atoms with Gasteiger partial charge in [0, 0.05) is 23.9 Å². The Kier molecular flexibility index (Phi) is 3.85. The lowest BCUT2D eigenvalue weighted by molar-refractivity contribution is -0.352. The van der Waals surface area contributed by atoms with Crippen LogP contribution in [0.15, 0.2) is 28.9 Å². The highest BCUT2D eigenvalue weighted by Crippen LogP contribution is 2.67. The maximum atomic E-state index is 13.3. The van der Waals surface area contributed by atoms with Crippen LogP contribution in [0.4, 0.5) is 17.6 Å². The second-order valence-corrected chi connectivity index (χ2v) is 9.08. The van der Waals surface area contributed by atoms with Crippen LogP contribution >= 0.6 is 0 Å². The van der Waals surface area contributed by atoms with Crippen LogP contribution in [-0.2, 0) is 10.2 Å². The molecule has 168 valence electrons. The molecule has 2 bridgehead atoms. The number of imidazole rings is 1. The molecule has 0 aliphatic heterocycles. The number of carbonyl (C=O) groups excluding carboxylic acids is 1. The Bertz CT molecular complexity index is 1210. The van der Waals surface area contributed by atoms with Crippen LogP contribution in [0.25, 0.3) is 5.65 Å². The number of hydrogen-bond donors (Lipinski definition) is 1. The van der Waals surface area contributed by atoms with E-state index in [0.29, 0.717) is 36.7 Å². The van der Waals surface area contributed by atoms with Crippen LogP contribution in [-0.4, -0.2) is 43.5 Å². The van der Waals surface area contributed by atoms with E-state index in [2.05, 4.69) is 25.2 Å². The minimum atomic E-state index is -4.64. The van der Waals surface area contributed by atoms with Crippen molar-refractivity contribution in [2.24, 2.45) is 0 Å². The Morgan fingerprint density at radius 3 is 2.66 bits per heavy atom.